The SMILES string of the molecule is O=C(CN1C(=S)N[C@H](c2ccccn2)[C@@H]1c1ccc(-c2cccc(Cl)c2Cl)o1)Nc1ccccc1. The highest BCUT2D eigenvalue weighted by atomic mass is 35.5. The summed E-state index contributed by atoms with van der Waals surface area (Å²) in [5.41, 5.74) is 2.18. The van der Waals surface area contributed by atoms with Crippen LogP contribution in [0, 0.1) is 0 Å². The molecule has 1 fully saturated rings. The molecular weight excluding hydrogens is 503 g/mol. The molecule has 0 unspecified atom stereocenters. The molecule has 1 aliphatic heterocycles. The maximum atomic E-state index is 12.9. The van der Waals surface area contributed by atoms with Gasteiger partial charge in [-0.15, -0.1) is 0 Å². The van der Waals surface area contributed by atoms with E-state index in [9.17, 15) is 4.79 Å². The van der Waals surface area contributed by atoms with Gasteiger partial charge >= 0.3 is 0 Å². The van der Waals surface area contributed by atoms with Crippen molar-refractivity contribution in [3.8, 4) is 11.3 Å². The van der Waals surface area contributed by atoms with Crippen LogP contribution in [0.5, 0.6) is 0 Å². The van der Waals surface area contributed by atoms with Crippen molar-refractivity contribution in [2.45, 2.75) is 12.1 Å². The van der Waals surface area contributed by atoms with Crippen molar-refractivity contribution in [2.24, 2.45) is 0 Å². The van der Waals surface area contributed by atoms with Crippen molar-refractivity contribution in [1.29, 1.82) is 0 Å². The molecule has 3 heterocycles. The van der Waals surface area contributed by atoms with E-state index in [-0.39, 0.29) is 18.5 Å². The Labute approximate surface area is 217 Å². The van der Waals surface area contributed by atoms with Gasteiger partial charge in [-0.1, -0.05) is 53.5 Å². The maximum absolute atomic E-state index is 12.9. The highest BCUT2D eigenvalue weighted by Crippen LogP contribution is 2.41. The fourth-order valence-electron chi connectivity index (χ4n) is 4.11. The van der Waals surface area contributed by atoms with Crippen molar-refractivity contribution < 1.29 is 9.21 Å². The summed E-state index contributed by atoms with van der Waals surface area (Å²) in [5.74, 6) is 0.988. The number of carbonyl (C=O) groups is 1. The molecule has 9 heteroatoms. The van der Waals surface area contributed by atoms with Gasteiger partial charge in [-0.3, -0.25) is 9.78 Å². The number of rotatable bonds is 6. The van der Waals surface area contributed by atoms with Gasteiger partial charge in [0.05, 0.1) is 21.8 Å². The molecule has 0 radical (unpaired) electrons. The Kier molecular flexibility index (Phi) is 6.72. The van der Waals surface area contributed by atoms with Crippen LogP contribution >= 0.6 is 35.4 Å². The minimum absolute atomic E-state index is 0.0304. The predicted molar refractivity (Wildman–Crippen MR) is 141 cm³/mol. The number of benzene rings is 2. The number of furan rings is 1. The monoisotopic (exact) mass is 522 g/mol. The lowest BCUT2D eigenvalue weighted by Crippen LogP contribution is -2.36. The molecule has 2 atom stereocenters. The van der Waals surface area contributed by atoms with Crippen LogP contribution < -0.4 is 10.6 Å². The number of pyridine rings is 1. The van der Waals surface area contributed by atoms with Crippen molar-refractivity contribution in [3.63, 3.8) is 0 Å². The van der Waals surface area contributed by atoms with E-state index in [1.54, 1.807) is 12.3 Å². The van der Waals surface area contributed by atoms with E-state index in [0.29, 0.717) is 37.9 Å². The number of carbonyl (C=O) groups excluding carboxylic acids is 1. The molecule has 2 N–H and O–H groups in total. The second-order valence-corrected chi connectivity index (χ2v) is 9.14. The number of hydrogen-bond acceptors (Lipinski definition) is 4. The number of halogens is 2. The first-order valence-electron chi connectivity index (χ1n) is 10.9. The molecule has 4 aromatic rings. The van der Waals surface area contributed by atoms with E-state index in [0.717, 1.165) is 5.69 Å². The zero-order chi connectivity index (χ0) is 24.4. The molecule has 2 aromatic heterocycles. The van der Waals surface area contributed by atoms with E-state index in [1.165, 1.54) is 0 Å². The summed E-state index contributed by atoms with van der Waals surface area (Å²) < 4.78 is 6.28. The lowest BCUT2D eigenvalue weighted by molar-refractivity contribution is -0.116. The molecule has 1 aliphatic rings. The highest BCUT2D eigenvalue weighted by molar-refractivity contribution is 7.80. The molecular formula is C26H20Cl2N4O2S. The van der Waals surface area contributed by atoms with Crippen LogP contribution in [0.1, 0.15) is 23.5 Å². The average molecular weight is 523 g/mol. The summed E-state index contributed by atoms with van der Waals surface area (Å²) in [4.78, 5) is 19.3. The van der Waals surface area contributed by atoms with Crippen LogP contribution in [0.25, 0.3) is 11.3 Å². The normalized spacial score (nSPS) is 17.3. The quantitative estimate of drug-likeness (QED) is 0.291. The van der Waals surface area contributed by atoms with Gasteiger partial charge in [0.15, 0.2) is 5.11 Å². The minimum atomic E-state index is -0.411. The van der Waals surface area contributed by atoms with Gasteiger partial charge in [-0.2, -0.15) is 0 Å². The van der Waals surface area contributed by atoms with Gasteiger partial charge in [0, 0.05) is 17.4 Å². The van der Waals surface area contributed by atoms with Crippen molar-refractivity contribution in [1.82, 2.24) is 15.2 Å². The van der Waals surface area contributed by atoms with Gasteiger partial charge in [-0.25, -0.2) is 0 Å². The number of thiocarbonyl (C=S) groups is 1. The molecule has 6 nitrogen and oxygen atoms in total. The zero-order valence-corrected chi connectivity index (χ0v) is 20.6. The third-order valence-electron chi connectivity index (χ3n) is 5.70. The predicted octanol–water partition coefficient (Wildman–Crippen LogP) is 6.26. The Hall–Kier alpha value is -3.39. The number of hydrogen-bond donors (Lipinski definition) is 2. The Bertz CT molecular complexity index is 1360. The summed E-state index contributed by atoms with van der Waals surface area (Å²) in [6.45, 7) is 0.0304. The van der Waals surface area contributed by atoms with E-state index < -0.39 is 6.04 Å². The van der Waals surface area contributed by atoms with Crippen molar-refractivity contribution in [2.75, 3.05) is 11.9 Å². The van der Waals surface area contributed by atoms with Crippen LogP contribution in [0.15, 0.2) is 89.5 Å². The zero-order valence-electron chi connectivity index (χ0n) is 18.3. The lowest BCUT2D eigenvalue weighted by atomic mass is 10.0. The van der Waals surface area contributed by atoms with E-state index in [1.807, 2.05) is 77.7 Å². The van der Waals surface area contributed by atoms with Crippen molar-refractivity contribution >= 4 is 52.1 Å². The molecule has 5 rings (SSSR count). The third-order valence-corrected chi connectivity index (χ3v) is 6.88. The van der Waals surface area contributed by atoms with Crippen LogP contribution in [-0.4, -0.2) is 27.4 Å². The Morgan fingerprint density at radius 2 is 1.83 bits per heavy atom. The fourth-order valence-corrected chi connectivity index (χ4v) is 4.81. The maximum Gasteiger partial charge on any atom is 0.244 e. The second kappa shape index (κ2) is 10.1. The van der Waals surface area contributed by atoms with E-state index >= 15 is 0 Å². The van der Waals surface area contributed by atoms with Crippen LogP contribution in [-0.2, 0) is 4.79 Å². The lowest BCUT2D eigenvalue weighted by Gasteiger charge is -2.25. The fraction of sp³-hybridized carbons (Fsp3) is 0.115. The topological polar surface area (TPSA) is 70.4 Å². The highest BCUT2D eigenvalue weighted by Gasteiger charge is 2.42. The summed E-state index contributed by atoms with van der Waals surface area (Å²) in [6.07, 6.45) is 1.72. The molecule has 0 saturated carbocycles. The summed E-state index contributed by atoms with van der Waals surface area (Å²) in [5, 5.41) is 7.52. The number of para-hydroxylation sites is 1. The van der Waals surface area contributed by atoms with Gasteiger partial charge in [0.25, 0.3) is 0 Å². The van der Waals surface area contributed by atoms with Gasteiger partial charge in [-0.05, 0) is 60.7 Å². The summed E-state index contributed by atoms with van der Waals surface area (Å²) in [7, 11) is 0. The summed E-state index contributed by atoms with van der Waals surface area (Å²) >= 11 is 18.3. The number of amides is 1. The van der Waals surface area contributed by atoms with Crippen LogP contribution in [0.2, 0.25) is 10.0 Å². The second-order valence-electron chi connectivity index (χ2n) is 7.97. The van der Waals surface area contributed by atoms with Gasteiger partial charge in [0.1, 0.15) is 24.1 Å². The summed E-state index contributed by atoms with van der Waals surface area (Å²) in [6, 6.07) is 23.3. The molecule has 0 aliphatic carbocycles. The molecule has 0 bridgehead atoms. The first kappa shape index (κ1) is 23.4. The van der Waals surface area contributed by atoms with Gasteiger partial charge < -0.3 is 20.0 Å². The molecule has 176 valence electrons. The number of nitrogens with one attached hydrogen (secondary N) is 2. The third kappa shape index (κ3) is 4.89. The molecule has 35 heavy (non-hydrogen) atoms. The first-order valence-corrected chi connectivity index (χ1v) is 12.0. The van der Waals surface area contributed by atoms with Crippen LogP contribution in [0.4, 0.5) is 5.69 Å². The number of anilines is 1. The van der Waals surface area contributed by atoms with E-state index in [2.05, 4.69) is 15.6 Å². The van der Waals surface area contributed by atoms with Crippen LogP contribution in [0.3, 0.4) is 0 Å². The standard InChI is InChI=1S/C26H20Cl2N4O2S/c27-18-10-6-9-17(23(18)28)20-12-13-21(34-20)25-24(19-11-4-5-14-29-19)31-26(35)32(25)15-22(33)30-16-7-2-1-3-8-16/h1-14,24-25H,15H2,(H,30,33)(H,31,35)/t24-,25+/m1/s1. The van der Waals surface area contributed by atoms with Gasteiger partial charge in [0.2, 0.25) is 5.91 Å². The molecule has 0 spiro atoms. The Morgan fingerprint density at radius 3 is 2.60 bits per heavy atom. The number of aromatic nitrogens is 1. The largest absolute Gasteiger partial charge is 0.459 e. The van der Waals surface area contributed by atoms with E-state index in [4.69, 9.17) is 39.8 Å². The Balaban J connectivity index is 1.48. The minimum Gasteiger partial charge on any atom is -0.459 e. The van der Waals surface area contributed by atoms with Crippen molar-refractivity contribution in [3.05, 3.63) is 107 Å². The average Bonchev–Trinajstić information content (AvgIpc) is 3.47. The first-order chi connectivity index (χ1) is 17.0. The molecule has 2 aromatic carbocycles. The number of nitrogens with zero attached hydrogens (tertiary/aromatic N) is 2. The molecule has 1 amide bonds. The smallest absolute Gasteiger partial charge is 0.244 e. The Morgan fingerprint density at radius 1 is 1.03 bits per heavy atom. The molecule has 1 saturated heterocycles.